The molecular formula is C13H17N3S. The highest BCUT2D eigenvalue weighted by atomic mass is 32.1. The summed E-state index contributed by atoms with van der Waals surface area (Å²) < 4.78 is 1.18. The molecule has 2 aromatic rings. The lowest BCUT2D eigenvalue weighted by Gasteiger charge is -2.14. The zero-order valence-electron chi connectivity index (χ0n) is 10.2. The lowest BCUT2D eigenvalue weighted by atomic mass is 10.3. The molecule has 0 aliphatic heterocycles. The van der Waals surface area contributed by atoms with Crippen molar-refractivity contribution in [1.82, 2.24) is 4.98 Å². The van der Waals surface area contributed by atoms with Gasteiger partial charge in [-0.15, -0.1) is 0 Å². The number of fused-ring (bicyclic) bond motifs is 1. The van der Waals surface area contributed by atoms with E-state index in [2.05, 4.69) is 23.9 Å². The van der Waals surface area contributed by atoms with Gasteiger partial charge in [0, 0.05) is 19.3 Å². The van der Waals surface area contributed by atoms with E-state index in [-0.39, 0.29) is 0 Å². The fourth-order valence-electron chi connectivity index (χ4n) is 2.18. The SMILES string of the molecule is CC1CC1CN(C)c1nc2ccc(N)cc2s1. The maximum Gasteiger partial charge on any atom is 0.186 e. The molecular weight excluding hydrogens is 230 g/mol. The molecule has 1 heterocycles. The number of rotatable bonds is 3. The molecule has 2 unspecified atom stereocenters. The van der Waals surface area contributed by atoms with E-state index in [9.17, 15) is 0 Å². The van der Waals surface area contributed by atoms with Crippen LogP contribution in [0.1, 0.15) is 13.3 Å². The first-order valence-electron chi connectivity index (χ1n) is 6.00. The van der Waals surface area contributed by atoms with Crippen molar-refractivity contribution in [2.45, 2.75) is 13.3 Å². The molecule has 0 saturated heterocycles. The van der Waals surface area contributed by atoms with Gasteiger partial charge < -0.3 is 10.6 Å². The van der Waals surface area contributed by atoms with Crippen LogP contribution in [-0.4, -0.2) is 18.6 Å². The van der Waals surface area contributed by atoms with Crippen LogP contribution >= 0.6 is 11.3 Å². The molecule has 2 N–H and O–H groups in total. The average Bonchev–Trinajstić information content (AvgIpc) is 2.81. The maximum atomic E-state index is 5.78. The van der Waals surface area contributed by atoms with Crippen molar-refractivity contribution in [2.75, 3.05) is 24.2 Å². The molecule has 1 aromatic carbocycles. The summed E-state index contributed by atoms with van der Waals surface area (Å²) in [6.07, 6.45) is 1.36. The third-order valence-corrected chi connectivity index (χ3v) is 4.64. The zero-order valence-corrected chi connectivity index (χ0v) is 11.0. The van der Waals surface area contributed by atoms with Gasteiger partial charge in [0.15, 0.2) is 5.13 Å². The summed E-state index contributed by atoms with van der Waals surface area (Å²) in [7, 11) is 2.13. The predicted octanol–water partition coefficient (Wildman–Crippen LogP) is 2.97. The zero-order chi connectivity index (χ0) is 12.0. The van der Waals surface area contributed by atoms with Crippen LogP contribution < -0.4 is 10.6 Å². The van der Waals surface area contributed by atoms with Gasteiger partial charge in [0.2, 0.25) is 0 Å². The number of benzene rings is 1. The molecule has 0 spiro atoms. The molecule has 3 rings (SSSR count). The Kier molecular flexibility index (Phi) is 2.47. The first-order valence-corrected chi connectivity index (χ1v) is 6.82. The van der Waals surface area contributed by atoms with E-state index in [1.54, 1.807) is 11.3 Å². The number of nitrogens with two attached hydrogens (primary N) is 1. The highest BCUT2D eigenvalue weighted by Crippen LogP contribution is 2.39. The van der Waals surface area contributed by atoms with Gasteiger partial charge in [-0.05, 0) is 36.5 Å². The van der Waals surface area contributed by atoms with Crippen molar-refractivity contribution < 1.29 is 0 Å². The second kappa shape index (κ2) is 3.88. The molecule has 4 heteroatoms. The van der Waals surface area contributed by atoms with Crippen molar-refractivity contribution in [3.05, 3.63) is 18.2 Å². The summed E-state index contributed by atoms with van der Waals surface area (Å²) >= 11 is 1.73. The summed E-state index contributed by atoms with van der Waals surface area (Å²) in [5.41, 5.74) is 7.65. The topological polar surface area (TPSA) is 42.2 Å². The van der Waals surface area contributed by atoms with E-state index in [4.69, 9.17) is 5.73 Å². The van der Waals surface area contributed by atoms with Crippen molar-refractivity contribution in [3.8, 4) is 0 Å². The molecule has 0 bridgehead atoms. The van der Waals surface area contributed by atoms with Crippen LogP contribution in [-0.2, 0) is 0 Å². The summed E-state index contributed by atoms with van der Waals surface area (Å²) in [5.74, 6) is 1.75. The van der Waals surface area contributed by atoms with Crippen LogP contribution in [0.2, 0.25) is 0 Å². The maximum absolute atomic E-state index is 5.78. The second-order valence-electron chi connectivity index (χ2n) is 5.08. The lowest BCUT2D eigenvalue weighted by molar-refractivity contribution is 0.724. The fourth-order valence-corrected chi connectivity index (χ4v) is 3.16. The Hall–Kier alpha value is -1.29. The molecule has 3 nitrogen and oxygen atoms in total. The van der Waals surface area contributed by atoms with Crippen molar-refractivity contribution >= 4 is 32.4 Å². The van der Waals surface area contributed by atoms with E-state index in [1.807, 2.05) is 18.2 Å². The van der Waals surface area contributed by atoms with Crippen molar-refractivity contribution in [3.63, 3.8) is 0 Å². The predicted molar refractivity (Wildman–Crippen MR) is 74.6 cm³/mol. The van der Waals surface area contributed by atoms with Crippen LogP contribution in [0, 0.1) is 11.8 Å². The normalized spacial score (nSPS) is 22.9. The Morgan fingerprint density at radius 2 is 2.29 bits per heavy atom. The van der Waals surface area contributed by atoms with E-state index in [0.717, 1.165) is 34.7 Å². The number of aromatic nitrogens is 1. The van der Waals surface area contributed by atoms with Crippen LogP contribution in [0.3, 0.4) is 0 Å². The first-order chi connectivity index (χ1) is 8.13. The minimum Gasteiger partial charge on any atom is -0.399 e. The number of anilines is 2. The smallest absolute Gasteiger partial charge is 0.186 e. The molecule has 90 valence electrons. The number of hydrogen-bond acceptors (Lipinski definition) is 4. The van der Waals surface area contributed by atoms with Crippen molar-refractivity contribution in [1.29, 1.82) is 0 Å². The summed E-state index contributed by atoms with van der Waals surface area (Å²) in [6.45, 7) is 3.44. The first kappa shape index (κ1) is 10.8. The van der Waals surface area contributed by atoms with Gasteiger partial charge in [0.25, 0.3) is 0 Å². The number of hydrogen-bond donors (Lipinski definition) is 1. The standard InChI is InChI=1S/C13H17N3S/c1-8-5-9(8)7-16(2)13-15-11-4-3-10(14)6-12(11)17-13/h3-4,6,8-9H,5,7,14H2,1-2H3. The molecule has 2 atom stereocenters. The molecule has 0 amide bonds. The van der Waals surface area contributed by atoms with Gasteiger partial charge in [-0.1, -0.05) is 18.3 Å². The van der Waals surface area contributed by atoms with Gasteiger partial charge in [0.05, 0.1) is 10.2 Å². The van der Waals surface area contributed by atoms with E-state index in [0.29, 0.717) is 0 Å². The van der Waals surface area contributed by atoms with Gasteiger partial charge in [0.1, 0.15) is 0 Å². The largest absolute Gasteiger partial charge is 0.399 e. The van der Waals surface area contributed by atoms with Gasteiger partial charge in [-0.3, -0.25) is 0 Å². The minimum absolute atomic E-state index is 0.811. The highest BCUT2D eigenvalue weighted by molar-refractivity contribution is 7.22. The Labute approximate surface area is 105 Å². The van der Waals surface area contributed by atoms with E-state index >= 15 is 0 Å². The number of nitrogens with zero attached hydrogens (tertiary/aromatic N) is 2. The molecule has 17 heavy (non-hydrogen) atoms. The van der Waals surface area contributed by atoms with E-state index in [1.165, 1.54) is 11.1 Å². The Balaban J connectivity index is 1.84. The molecule has 0 radical (unpaired) electrons. The number of nitrogen functional groups attached to an aromatic ring is 1. The van der Waals surface area contributed by atoms with E-state index < -0.39 is 0 Å². The van der Waals surface area contributed by atoms with Crippen LogP contribution in [0.4, 0.5) is 10.8 Å². The minimum atomic E-state index is 0.811. The summed E-state index contributed by atoms with van der Waals surface area (Å²) in [5, 5.41) is 1.10. The van der Waals surface area contributed by atoms with Crippen molar-refractivity contribution in [2.24, 2.45) is 11.8 Å². The molecule has 1 fully saturated rings. The Morgan fingerprint density at radius 1 is 1.53 bits per heavy atom. The third-order valence-electron chi connectivity index (χ3n) is 3.51. The molecule has 1 aliphatic carbocycles. The van der Waals surface area contributed by atoms with Crippen LogP contribution in [0.25, 0.3) is 10.2 Å². The Bertz CT molecular complexity index is 549. The quantitative estimate of drug-likeness (QED) is 0.848. The monoisotopic (exact) mass is 247 g/mol. The third kappa shape index (κ3) is 2.09. The average molecular weight is 247 g/mol. The second-order valence-corrected chi connectivity index (χ2v) is 6.09. The van der Waals surface area contributed by atoms with Gasteiger partial charge in [-0.25, -0.2) is 4.98 Å². The Morgan fingerprint density at radius 3 is 3.00 bits per heavy atom. The lowest BCUT2D eigenvalue weighted by Crippen LogP contribution is -2.20. The summed E-state index contributed by atoms with van der Waals surface area (Å²) in [4.78, 5) is 6.92. The van der Waals surface area contributed by atoms with Crippen LogP contribution in [0.15, 0.2) is 18.2 Å². The van der Waals surface area contributed by atoms with Crippen LogP contribution in [0.5, 0.6) is 0 Å². The van der Waals surface area contributed by atoms with Gasteiger partial charge in [-0.2, -0.15) is 0 Å². The molecule has 1 aromatic heterocycles. The molecule has 1 saturated carbocycles. The van der Waals surface area contributed by atoms with Gasteiger partial charge >= 0.3 is 0 Å². The molecule has 1 aliphatic rings. The fraction of sp³-hybridized carbons (Fsp3) is 0.462. The number of thiazole rings is 1. The highest BCUT2D eigenvalue weighted by Gasteiger charge is 2.33. The summed E-state index contributed by atoms with van der Waals surface area (Å²) in [6, 6.07) is 5.91.